The number of benzene rings is 2. The number of aromatic nitrogens is 4. The number of halogens is 3. The zero-order chi connectivity index (χ0) is 19.3. The lowest BCUT2D eigenvalue weighted by molar-refractivity contribution is 0.588. The van der Waals surface area contributed by atoms with Gasteiger partial charge < -0.3 is 9.13 Å². The smallest absolute Gasteiger partial charge is 0.143 e. The molecule has 4 aromatic rings. The molecule has 0 spiro atoms. The molecule has 0 atom stereocenters. The summed E-state index contributed by atoms with van der Waals surface area (Å²) in [6.45, 7) is 1.29. The quantitative estimate of drug-likeness (QED) is 0.458. The van der Waals surface area contributed by atoms with E-state index >= 15 is 0 Å². The number of rotatable bonds is 5. The third-order valence-electron chi connectivity index (χ3n) is 5.12. The third-order valence-corrected chi connectivity index (χ3v) is 5.36. The first-order valence-electron chi connectivity index (χ1n) is 9.20. The van der Waals surface area contributed by atoms with Gasteiger partial charge in [0, 0.05) is 24.0 Å². The van der Waals surface area contributed by atoms with Gasteiger partial charge in [-0.25, -0.2) is 18.7 Å². The van der Waals surface area contributed by atoms with Crippen LogP contribution in [-0.2, 0) is 13.1 Å². The summed E-state index contributed by atoms with van der Waals surface area (Å²) in [5, 5.41) is 0.668. The molecule has 0 N–H and O–H groups in total. The van der Waals surface area contributed by atoms with Gasteiger partial charge in [-0.15, -0.1) is 0 Å². The van der Waals surface area contributed by atoms with Gasteiger partial charge in [-0.3, -0.25) is 0 Å². The van der Waals surface area contributed by atoms with Gasteiger partial charge in [0.2, 0.25) is 0 Å². The molecule has 0 amide bonds. The molecule has 1 saturated carbocycles. The first-order chi connectivity index (χ1) is 13.6. The Balaban J connectivity index is 1.58. The van der Waals surface area contributed by atoms with Gasteiger partial charge >= 0.3 is 0 Å². The highest BCUT2D eigenvalue weighted by Crippen LogP contribution is 2.33. The van der Waals surface area contributed by atoms with Crippen LogP contribution in [0.15, 0.2) is 48.8 Å². The van der Waals surface area contributed by atoms with Crippen LogP contribution in [0.1, 0.15) is 18.7 Å². The molecule has 5 rings (SSSR count). The van der Waals surface area contributed by atoms with E-state index in [1.807, 2.05) is 18.2 Å². The van der Waals surface area contributed by atoms with E-state index in [1.54, 1.807) is 17.0 Å². The van der Waals surface area contributed by atoms with Crippen LogP contribution < -0.4 is 0 Å². The minimum absolute atomic E-state index is 0.137. The maximum Gasteiger partial charge on any atom is 0.143 e. The molecule has 28 heavy (non-hydrogen) atoms. The van der Waals surface area contributed by atoms with Gasteiger partial charge in [-0.2, -0.15) is 0 Å². The summed E-state index contributed by atoms with van der Waals surface area (Å²) >= 11 is 6.20. The number of fused-ring (bicyclic) bond motifs is 1. The topological polar surface area (TPSA) is 35.6 Å². The maximum atomic E-state index is 14.3. The first kappa shape index (κ1) is 17.4. The van der Waals surface area contributed by atoms with Crippen molar-refractivity contribution in [1.29, 1.82) is 0 Å². The van der Waals surface area contributed by atoms with Crippen molar-refractivity contribution < 1.29 is 8.78 Å². The lowest BCUT2D eigenvalue weighted by Crippen LogP contribution is -2.11. The van der Waals surface area contributed by atoms with E-state index in [1.165, 1.54) is 18.9 Å². The molecule has 4 nitrogen and oxygen atoms in total. The number of nitrogens with zero attached hydrogens (tertiary/aromatic N) is 4. The Labute approximate surface area is 165 Å². The summed E-state index contributed by atoms with van der Waals surface area (Å²) < 4.78 is 31.9. The summed E-state index contributed by atoms with van der Waals surface area (Å²) in [5.74, 6) is 0.868. The molecule has 2 aromatic heterocycles. The Bertz CT molecular complexity index is 1180. The van der Waals surface area contributed by atoms with Crippen LogP contribution in [0.2, 0.25) is 5.02 Å². The zero-order valence-corrected chi connectivity index (χ0v) is 15.7. The number of hydrogen-bond donors (Lipinski definition) is 0. The molecule has 1 aliphatic rings. The molecule has 2 heterocycles. The Morgan fingerprint density at radius 1 is 1.11 bits per heavy atom. The molecular weight excluding hydrogens is 382 g/mol. The Kier molecular flexibility index (Phi) is 4.16. The second-order valence-corrected chi connectivity index (χ2v) is 7.65. The van der Waals surface area contributed by atoms with Gasteiger partial charge in [-0.1, -0.05) is 11.6 Å². The fourth-order valence-electron chi connectivity index (χ4n) is 3.53. The summed E-state index contributed by atoms with van der Waals surface area (Å²) in [5.41, 5.74) is 2.00. The van der Waals surface area contributed by atoms with E-state index < -0.39 is 11.6 Å². The Morgan fingerprint density at radius 2 is 1.96 bits per heavy atom. The summed E-state index contributed by atoms with van der Waals surface area (Å²) in [7, 11) is 0. The number of hydrogen-bond acceptors (Lipinski definition) is 2. The minimum Gasteiger partial charge on any atom is -0.326 e. The highest BCUT2D eigenvalue weighted by atomic mass is 35.5. The molecule has 142 valence electrons. The van der Waals surface area contributed by atoms with Crippen LogP contribution >= 0.6 is 11.6 Å². The second-order valence-electron chi connectivity index (χ2n) is 7.22. The molecule has 7 heteroatoms. The molecule has 0 aliphatic heterocycles. The van der Waals surface area contributed by atoms with Crippen molar-refractivity contribution in [2.45, 2.75) is 25.9 Å². The van der Waals surface area contributed by atoms with Crippen LogP contribution in [0.4, 0.5) is 8.78 Å². The Hall–Kier alpha value is -2.73. The van der Waals surface area contributed by atoms with Gasteiger partial charge in [-0.05, 0) is 55.2 Å². The van der Waals surface area contributed by atoms with Gasteiger partial charge in [0.05, 0.1) is 23.1 Å². The van der Waals surface area contributed by atoms with Crippen molar-refractivity contribution in [1.82, 2.24) is 19.1 Å². The molecule has 1 aliphatic carbocycles. The molecule has 2 aromatic carbocycles. The van der Waals surface area contributed by atoms with Crippen molar-refractivity contribution in [2.75, 3.05) is 0 Å². The van der Waals surface area contributed by atoms with Crippen molar-refractivity contribution in [3.8, 4) is 11.4 Å². The SMILES string of the molecule is Fc1ccc(F)c(-c2nccn2Cc2nc3ccc(Cl)cc3n2CC2CC2)c1. The van der Waals surface area contributed by atoms with E-state index in [4.69, 9.17) is 16.6 Å². The highest BCUT2D eigenvalue weighted by Gasteiger charge is 2.25. The average molecular weight is 399 g/mol. The van der Waals surface area contributed by atoms with E-state index in [0.29, 0.717) is 23.3 Å². The second kappa shape index (κ2) is 6.71. The monoisotopic (exact) mass is 398 g/mol. The highest BCUT2D eigenvalue weighted by molar-refractivity contribution is 6.31. The fourth-order valence-corrected chi connectivity index (χ4v) is 3.70. The molecule has 0 bridgehead atoms. The summed E-state index contributed by atoms with van der Waals surface area (Å²) in [6, 6.07) is 9.05. The number of imidazole rings is 2. The van der Waals surface area contributed by atoms with Crippen molar-refractivity contribution >= 4 is 22.6 Å². The van der Waals surface area contributed by atoms with Gasteiger partial charge in [0.15, 0.2) is 0 Å². The van der Waals surface area contributed by atoms with Gasteiger partial charge in [0.25, 0.3) is 0 Å². The lowest BCUT2D eigenvalue weighted by atomic mass is 10.2. The van der Waals surface area contributed by atoms with Crippen molar-refractivity contribution in [3.63, 3.8) is 0 Å². The molecule has 1 fully saturated rings. The van der Waals surface area contributed by atoms with E-state index in [9.17, 15) is 8.78 Å². The van der Waals surface area contributed by atoms with E-state index in [2.05, 4.69) is 9.55 Å². The third kappa shape index (κ3) is 3.18. The molecule has 0 radical (unpaired) electrons. The molecular formula is C21H17ClF2N4. The van der Waals surface area contributed by atoms with E-state index in [0.717, 1.165) is 35.5 Å². The fraction of sp³-hybridized carbons (Fsp3) is 0.238. The van der Waals surface area contributed by atoms with Gasteiger partial charge in [0.1, 0.15) is 23.3 Å². The summed E-state index contributed by atoms with van der Waals surface area (Å²) in [6.07, 6.45) is 5.77. The lowest BCUT2D eigenvalue weighted by Gasteiger charge is -2.12. The normalized spacial score (nSPS) is 14.1. The maximum absolute atomic E-state index is 14.3. The largest absolute Gasteiger partial charge is 0.326 e. The molecule has 0 unspecified atom stereocenters. The van der Waals surface area contributed by atoms with E-state index in [-0.39, 0.29) is 5.56 Å². The van der Waals surface area contributed by atoms with Crippen LogP contribution in [-0.4, -0.2) is 19.1 Å². The predicted octanol–water partition coefficient (Wildman–Crippen LogP) is 5.29. The van der Waals surface area contributed by atoms with Crippen LogP contribution in [0.5, 0.6) is 0 Å². The van der Waals surface area contributed by atoms with Crippen LogP contribution in [0.25, 0.3) is 22.4 Å². The Morgan fingerprint density at radius 3 is 2.79 bits per heavy atom. The predicted molar refractivity (Wildman–Crippen MR) is 104 cm³/mol. The van der Waals surface area contributed by atoms with Crippen molar-refractivity contribution in [3.05, 3.63) is 71.3 Å². The van der Waals surface area contributed by atoms with Crippen molar-refractivity contribution in [2.24, 2.45) is 5.92 Å². The summed E-state index contributed by atoms with van der Waals surface area (Å²) in [4.78, 5) is 9.03. The zero-order valence-electron chi connectivity index (χ0n) is 14.9. The minimum atomic E-state index is -0.507. The first-order valence-corrected chi connectivity index (χ1v) is 9.57. The van der Waals surface area contributed by atoms with Crippen LogP contribution in [0, 0.1) is 17.6 Å². The average Bonchev–Trinajstić information content (AvgIpc) is 3.28. The standard InChI is InChI=1S/C21H17ClF2N4/c22-14-3-6-18-19(9-14)28(11-13-1-2-13)20(26-18)12-27-8-7-25-21(27)16-10-15(23)4-5-17(16)24/h3-10,13H,1-2,11-12H2. The molecule has 0 saturated heterocycles. The van der Waals surface area contributed by atoms with Crippen LogP contribution in [0.3, 0.4) is 0 Å².